The van der Waals surface area contributed by atoms with Crippen molar-refractivity contribution in [1.82, 2.24) is 6.15 Å². The summed E-state index contributed by atoms with van der Waals surface area (Å²) in [7, 11) is 0. The van der Waals surface area contributed by atoms with Gasteiger partial charge < -0.3 is 26.0 Å². The van der Waals surface area contributed by atoms with E-state index in [2.05, 4.69) is 0 Å². The number of rotatable bonds is 0. The van der Waals surface area contributed by atoms with Gasteiger partial charge in [-0.3, -0.25) is 0 Å². The second-order valence-corrected chi connectivity index (χ2v) is 0.575. The van der Waals surface area contributed by atoms with Crippen molar-refractivity contribution in [2.24, 2.45) is 0 Å². The average molecular weight is 172 g/mol. The molecule has 0 aliphatic heterocycles. The van der Waals surface area contributed by atoms with Crippen molar-refractivity contribution in [3.8, 4) is 0 Å². The second-order valence-electron chi connectivity index (χ2n) is 0.575. The number of carbonyl (C=O) groups is 2. The molecule has 0 unspecified atom stereocenters. The Bertz CT molecular complexity index is 91.1. The molecule has 0 fully saturated rings. The first-order valence-electron chi connectivity index (χ1n) is 1.25. The quantitative estimate of drug-likeness (QED) is 0.377. The minimum atomic E-state index is -2.19. The van der Waals surface area contributed by atoms with Crippen molar-refractivity contribution in [1.29, 1.82) is 0 Å². The van der Waals surface area contributed by atoms with E-state index in [9.17, 15) is 0 Å². The fraction of sp³-hybridized carbons (Fsp3) is 0. The normalized spacial score (nSPS) is 5.56. The molecule has 7 heteroatoms. The zero-order chi connectivity index (χ0) is 7.15. The molecule has 3 N–H and O–H groups in total. The molecule has 0 saturated heterocycles. The molecule has 0 aromatic heterocycles. The van der Waals surface area contributed by atoms with Crippen molar-refractivity contribution >= 4 is 11.9 Å². The first-order chi connectivity index (χ1) is 3.64. The molecular formula is C2H3NO5V. The Labute approximate surface area is 59.7 Å². The molecule has 0 spiro atoms. The van der Waals surface area contributed by atoms with Crippen LogP contribution in [-0.2, 0) is 30.6 Å². The standard InChI is InChI=1S/C2H2O4.H3N.O.V/c3-1(4)2(5)6;;;/h(H,3,4)(H,5,6);1H3;;/q;;;+2/p-2. The van der Waals surface area contributed by atoms with Crippen LogP contribution in [-0.4, -0.2) is 11.9 Å². The number of carbonyl (C=O) groups excluding carboxylic acids is 2. The van der Waals surface area contributed by atoms with E-state index in [0.717, 1.165) is 17.4 Å². The number of carboxylic acids is 2. The predicted octanol–water partition coefficient (Wildman–Crippen LogP) is -3.47. The Kier molecular flexibility index (Phi) is 18.0. The van der Waals surface area contributed by atoms with E-state index in [0.29, 0.717) is 0 Å². The van der Waals surface area contributed by atoms with Crippen molar-refractivity contribution < 1.29 is 40.8 Å². The Morgan fingerprint density at radius 1 is 1.00 bits per heavy atom. The van der Waals surface area contributed by atoms with Crippen LogP contribution in [0.5, 0.6) is 0 Å². The molecule has 6 nitrogen and oxygen atoms in total. The summed E-state index contributed by atoms with van der Waals surface area (Å²) >= 11 is 1.06. The first-order valence-corrected chi connectivity index (χ1v) is 1.82. The Hall–Kier alpha value is -0.716. The van der Waals surface area contributed by atoms with E-state index < -0.39 is 11.9 Å². The zero-order valence-electron chi connectivity index (χ0n) is 4.20. The average Bonchev–Trinajstić information content (AvgIpc) is 1.72. The Morgan fingerprint density at radius 3 is 1.11 bits per heavy atom. The van der Waals surface area contributed by atoms with Gasteiger partial charge in [0.2, 0.25) is 0 Å². The van der Waals surface area contributed by atoms with E-state index in [4.69, 9.17) is 23.5 Å². The van der Waals surface area contributed by atoms with Crippen LogP contribution in [0.2, 0.25) is 0 Å². The van der Waals surface area contributed by atoms with Gasteiger partial charge in [-0.2, -0.15) is 0 Å². The zero-order valence-corrected chi connectivity index (χ0v) is 5.59. The summed E-state index contributed by atoms with van der Waals surface area (Å²) in [6.07, 6.45) is 0. The first kappa shape index (κ1) is 15.7. The molecule has 0 rings (SSSR count). The van der Waals surface area contributed by atoms with Crippen LogP contribution in [0.25, 0.3) is 0 Å². The summed E-state index contributed by atoms with van der Waals surface area (Å²) in [5.74, 6) is -4.37. The molecule has 9 heavy (non-hydrogen) atoms. The van der Waals surface area contributed by atoms with Gasteiger partial charge in [-0.15, -0.1) is 0 Å². The summed E-state index contributed by atoms with van der Waals surface area (Å²) in [6, 6.07) is 0. The molecule has 0 bridgehead atoms. The van der Waals surface area contributed by atoms with E-state index in [1.54, 1.807) is 0 Å². The third-order valence-corrected chi connectivity index (χ3v) is 0.167. The van der Waals surface area contributed by atoms with Crippen molar-refractivity contribution in [3.63, 3.8) is 0 Å². The molecular weight excluding hydrogens is 169 g/mol. The predicted molar refractivity (Wildman–Crippen MR) is 15.7 cm³/mol. The maximum absolute atomic E-state index is 8.93. The van der Waals surface area contributed by atoms with Crippen LogP contribution in [0.1, 0.15) is 0 Å². The van der Waals surface area contributed by atoms with Gasteiger partial charge in [0.05, 0.1) is 11.9 Å². The number of hydrogen-bond acceptors (Lipinski definition) is 6. The van der Waals surface area contributed by atoms with Gasteiger partial charge in [-0.25, -0.2) is 0 Å². The monoisotopic (exact) mass is 172 g/mol. The van der Waals surface area contributed by atoms with Crippen molar-refractivity contribution in [2.45, 2.75) is 0 Å². The fourth-order valence-corrected chi connectivity index (χ4v) is 0. The summed E-state index contributed by atoms with van der Waals surface area (Å²) < 4.78 is 8.19. The molecule has 0 heterocycles. The van der Waals surface area contributed by atoms with Gasteiger partial charge in [0.25, 0.3) is 0 Å². The van der Waals surface area contributed by atoms with Crippen LogP contribution < -0.4 is 16.4 Å². The van der Waals surface area contributed by atoms with E-state index >= 15 is 0 Å². The summed E-state index contributed by atoms with van der Waals surface area (Å²) in [4.78, 5) is 17.9. The van der Waals surface area contributed by atoms with Crippen LogP contribution in [0, 0.1) is 0 Å². The van der Waals surface area contributed by atoms with Crippen molar-refractivity contribution in [2.75, 3.05) is 0 Å². The summed E-state index contributed by atoms with van der Waals surface area (Å²) in [5.41, 5.74) is 0. The Balaban J connectivity index is -0.000000109. The number of carboxylic acid groups (broad SMARTS) is 2. The van der Waals surface area contributed by atoms with Crippen LogP contribution in [0.3, 0.4) is 0 Å². The van der Waals surface area contributed by atoms with Gasteiger partial charge in [-0.1, -0.05) is 0 Å². The number of hydrogen-bond donors (Lipinski definition) is 1. The van der Waals surface area contributed by atoms with E-state index in [-0.39, 0.29) is 6.15 Å². The van der Waals surface area contributed by atoms with Gasteiger partial charge >= 0.3 is 21.0 Å². The summed E-state index contributed by atoms with van der Waals surface area (Å²) in [5, 5.41) is 17.9. The van der Waals surface area contributed by atoms with E-state index in [1.807, 2.05) is 0 Å². The molecule has 0 amide bonds. The number of aliphatic carboxylic acids is 2. The van der Waals surface area contributed by atoms with Gasteiger partial charge in [0.1, 0.15) is 0 Å². The van der Waals surface area contributed by atoms with Crippen molar-refractivity contribution in [3.05, 3.63) is 0 Å². The minimum absolute atomic E-state index is 0. The van der Waals surface area contributed by atoms with E-state index in [1.165, 1.54) is 0 Å². The second kappa shape index (κ2) is 10.3. The molecule has 0 saturated carbocycles. The van der Waals surface area contributed by atoms with Crippen LogP contribution in [0.4, 0.5) is 0 Å². The molecule has 0 aliphatic carbocycles. The topological polar surface area (TPSA) is 132 Å². The molecule has 0 radical (unpaired) electrons. The fourth-order valence-electron chi connectivity index (χ4n) is 0. The van der Waals surface area contributed by atoms with Crippen LogP contribution in [0.15, 0.2) is 0 Å². The molecule has 51 valence electrons. The molecule has 0 aromatic rings. The van der Waals surface area contributed by atoms with Crippen LogP contribution >= 0.6 is 0 Å². The third-order valence-electron chi connectivity index (χ3n) is 0.167. The third kappa shape index (κ3) is 18.9. The Morgan fingerprint density at radius 2 is 1.11 bits per heavy atom. The molecule has 0 atom stereocenters. The molecule has 0 aliphatic rings. The van der Waals surface area contributed by atoms with Gasteiger partial charge in [0.15, 0.2) is 0 Å². The van der Waals surface area contributed by atoms with Gasteiger partial charge in [-0.05, 0) is 0 Å². The maximum atomic E-state index is 8.93. The summed E-state index contributed by atoms with van der Waals surface area (Å²) in [6.45, 7) is 0. The van der Waals surface area contributed by atoms with Gasteiger partial charge in [0, 0.05) is 0 Å². The molecule has 0 aromatic carbocycles. The SMILES string of the molecule is N.O=C([O-])C(=O)[O-].[O]=[V+2].